The molecule has 0 atom stereocenters. The van der Waals surface area contributed by atoms with Gasteiger partial charge in [0.25, 0.3) is 5.91 Å². The second-order valence-corrected chi connectivity index (χ2v) is 7.11. The average Bonchev–Trinajstić information content (AvgIpc) is 2.89. The number of nitrogens with zero attached hydrogens (tertiary/aromatic N) is 1. The van der Waals surface area contributed by atoms with Crippen molar-refractivity contribution in [1.82, 2.24) is 4.90 Å². The number of thioether (sulfide) groups is 1. The molecule has 3 rings (SSSR count). The molecule has 0 spiro atoms. The van der Waals surface area contributed by atoms with Crippen LogP contribution in [0.5, 0.6) is 11.5 Å². The number of aromatic hydroxyl groups is 1. The third kappa shape index (κ3) is 4.30. The first-order valence-corrected chi connectivity index (χ1v) is 9.06. The zero-order valence-corrected chi connectivity index (χ0v) is 15.3. The van der Waals surface area contributed by atoms with E-state index in [1.165, 1.54) is 28.8 Å². The van der Waals surface area contributed by atoms with Crippen LogP contribution >= 0.6 is 24.0 Å². The minimum absolute atomic E-state index is 0.0284. The third-order valence-electron chi connectivity index (χ3n) is 3.60. The highest BCUT2D eigenvalue weighted by Crippen LogP contribution is 2.32. The smallest absolute Gasteiger partial charge is 0.313 e. The van der Waals surface area contributed by atoms with E-state index >= 15 is 0 Å². The average molecular weight is 385 g/mol. The van der Waals surface area contributed by atoms with Gasteiger partial charge < -0.3 is 9.84 Å². The van der Waals surface area contributed by atoms with Gasteiger partial charge in [0.15, 0.2) is 11.5 Å². The summed E-state index contributed by atoms with van der Waals surface area (Å²) in [7, 11) is 0. The van der Waals surface area contributed by atoms with E-state index < -0.39 is 5.97 Å². The Kier molecular flexibility index (Phi) is 5.70. The van der Waals surface area contributed by atoms with Crippen molar-refractivity contribution in [3.05, 3.63) is 65.1 Å². The molecule has 0 bridgehead atoms. The molecule has 1 fully saturated rings. The monoisotopic (exact) mass is 385 g/mol. The molecular weight excluding hydrogens is 370 g/mol. The minimum atomic E-state index is -0.549. The molecule has 1 heterocycles. The molecule has 0 saturated carbocycles. The van der Waals surface area contributed by atoms with Crippen molar-refractivity contribution in [1.29, 1.82) is 0 Å². The first kappa shape index (κ1) is 18.2. The molecule has 0 unspecified atom stereocenters. The molecular formula is C19H15NO4S2. The number of hydrogen-bond donors (Lipinski definition) is 1. The number of amides is 1. The molecule has 0 aliphatic carbocycles. The Morgan fingerprint density at radius 1 is 1.15 bits per heavy atom. The number of benzene rings is 2. The van der Waals surface area contributed by atoms with E-state index in [0.29, 0.717) is 9.23 Å². The number of thiocarbonyl (C=S) groups is 1. The van der Waals surface area contributed by atoms with Gasteiger partial charge in [-0.25, -0.2) is 0 Å². The second kappa shape index (κ2) is 8.16. The number of phenols is 1. The zero-order valence-electron chi connectivity index (χ0n) is 13.6. The summed E-state index contributed by atoms with van der Waals surface area (Å²) in [6.07, 6.45) is 1.75. The van der Waals surface area contributed by atoms with Gasteiger partial charge in [-0.1, -0.05) is 66.4 Å². The van der Waals surface area contributed by atoms with E-state index in [0.717, 1.165) is 5.56 Å². The molecule has 1 aliphatic rings. The van der Waals surface area contributed by atoms with E-state index in [4.69, 9.17) is 17.0 Å². The summed E-state index contributed by atoms with van der Waals surface area (Å²) in [5, 5.41) is 9.62. The van der Waals surface area contributed by atoms with Crippen molar-refractivity contribution in [2.75, 3.05) is 6.54 Å². The van der Waals surface area contributed by atoms with Gasteiger partial charge in [-0.2, -0.15) is 0 Å². The lowest BCUT2D eigenvalue weighted by Crippen LogP contribution is -2.31. The van der Waals surface area contributed by atoms with Gasteiger partial charge in [-0.05, 0) is 23.8 Å². The Hall–Kier alpha value is -2.64. The first-order valence-electron chi connectivity index (χ1n) is 7.83. The van der Waals surface area contributed by atoms with Crippen LogP contribution in [0.25, 0.3) is 6.08 Å². The summed E-state index contributed by atoms with van der Waals surface area (Å²) >= 11 is 6.46. The van der Waals surface area contributed by atoms with Crippen LogP contribution in [0.1, 0.15) is 12.0 Å². The fourth-order valence-electron chi connectivity index (χ4n) is 2.31. The van der Waals surface area contributed by atoms with Gasteiger partial charge >= 0.3 is 5.97 Å². The summed E-state index contributed by atoms with van der Waals surface area (Å²) in [4.78, 5) is 26.4. The van der Waals surface area contributed by atoms with Gasteiger partial charge in [0.1, 0.15) is 4.32 Å². The number of phenolic OH excluding ortho intramolecular Hbond substituents is 1. The quantitative estimate of drug-likeness (QED) is 0.367. The molecule has 5 nitrogen and oxygen atoms in total. The highest BCUT2D eigenvalue weighted by molar-refractivity contribution is 8.26. The molecule has 0 radical (unpaired) electrons. The molecule has 1 N–H and O–H groups in total. The molecule has 1 aliphatic heterocycles. The molecule has 1 saturated heterocycles. The van der Waals surface area contributed by atoms with Crippen molar-refractivity contribution in [2.24, 2.45) is 0 Å². The normalized spacial score (nSPS) is 15.5. The highest BCUT2D eigenvalue weighted by atomic mass is 32.2. The summed E-state index contributed by atoms with van der Waals surface area (Å²) in [5.74, 6) is -0.795. The summed E-state index contributed by atoms with van der Waals surface area (Å²) in [6, 6.07) is 15.7. The topological polar surface area (TPSA) is 66.8 Å². The zero-order chi connectivity index (χ0) is 18.5. The van der Waals surface area contributed by atoms with Crippen molar-refractivity contribution in [2.45, 2.75) is 6.42 Å². The number of para-hydroxylation sites is 2. The van der Waals surface area contributed by atoms with Crippen LogP contribution in [0.15, 0.2) is 59.5 Å². The SMILES string of the molecule is O=C(CCN1C(=O)/C(=C/c2ccccc2)SC1=S)Oc1ccccc1O. The first-order chi connectivity index (χ1) is 12.5. The van der Waals surface area contributed by atoms with Crippen molar-refractivity contribution in [3.63, 3.8) is 0 Å². The van der Waals surface area contributed by atoms with Crippen molar-refractivity contribution >= 4 is 46.3 Å². The van der Waals surface area contributed by atoms with Gasteiger partial charge in [0, 0.05) is 6.54 Å². The second-order valence-electron chi connectivity index (χ2n) is 5.44. The summed E-state index contributed by atoms with van der Waals surface area (Å²) in [5.41, 5.74) is 0.909. The molecule has 26 heavy (non-hydrogen) atoms. The van der Waals surface area contributed by atoms with Crippen LogP contribution in [0.2, 0.25) is 0 Å². The number of esters is 1. The number of hydrogen-bond acceptors (Lipinski definition) is 6. The molecule has 2 aromatic rings. The Bertz CT molecular complexity index is 880. The van der Waals surface area contributed by atoms with Gasteiger partial charge in [-0.15, -0.1) is 0 Å². The maximum Gasteiger partial charge on any atom is 0.313 e. The lowest BCUT2D eigenvalue weighted by Gasteiger charge is -2.13. The maximum atomic E-state index is 12.5. The number of rotatable bonds is 5. The van der Waals surface area contributed by atoms with Crippen LogP contribution in [0.3, 0.4) is 0 Å². The fourth-order valence-corrected chi connectivity index (χ4v) is 3.62. The Balaban J connectivity index is 1.61. The highest BCUT2D eigenvalue weighted by Gasteiger charge is 2.32. The fraction of sp³-hybridized carbons (Fsp3) is 0.105. The molecule has 1 amide bonds. The van der Waals surface area contributed by atoms with Crippen molar-refractivity contribution < 1.29 is 19.4 Å². The standard InChI is InChI=1S/C19H15NO4S2/c21-14-8-4-5-9-15(14)24-17(22)10-11-20-18(23)16(26-19(20)25)12-13-6-2-1-3-7-13/h1-9,12,21H,10-11H2/b16-12-. The lowest BCUT2D eigenvalue weighted by atomic mass is 10.2. The Labute approximate surface area is 160 Å². The lowest BCUT2D eigenvalue weighted by molar-refractivity contribution is -0.135. The van der Waals surface area contributed by atoms with Gasteiger partial charge in [0.2, 0.25) is 0 Å². The van der Waals surface area contributed by atoms with E-state index in [1.54, 1.807) is 18.2 Å². The van der Waals surface area contributed by atoms with Gasteiger partial charge in [-0.3, -0.25) is 14.5 Å². The van der Waals surface area contributed by atoms with Crippen LogP contribution < -0.4 is 4.74 Å². The van der Waals surface area contributed by atoms with E-state index in [9.17, 15) is 14.7 Å². The van der Waals surface area contributed by atoms with Crippen LogP contribution in [0, 0.1) is 0 Å². The molecule has 2 aromatic carbocycles. The Morgan fingerprint density at radius 2 is 1.85 bits per heavy atom. The molecule has 132 valence electrons. The predicted molar refractivity (Wildman–Crippen MR) is 105 cm³/mol. The Morgan fingerprint density at radius 3 is 2.58 bits per heavy atom. The predicted octanol–water partition coefficient (Wildman–Crippen LogP) is 3.59. The number of ether oxygens (including phenoxy) is 1. The largest absolute Gasteiger partial charge is 0.504 e. The van der Waals surface area contributed by atoms with Crippen molar-refractivity contribution in [3.8, 4) is 11.5 Å². The van der Waals surface area contributed by atoms with Crippen LogP contribution in [-0.2, 0) is 9.59 Å². The molecule has 7 heteroatoms. The van der Waals surface area contributed by atoms with Crippen LogP contribution in [0.4, 0.5) is 0 Å². The summed E-state index contributed by atoms with van der Waals surface area (Å²) < 4.78 is 5.52. The van der Waals surface area contributed by atoms with Gasteiger partial charge in [0.05, 0.1) is 11.3 Å². The van der Waals surface area contributed by atoms with Crippen LogP contribution in [-0.4, -0.2) is 32.7 Å². The third-order valence-corrected chi connectivity index (χ3v) is 4.98. The van der Waals surface area contributed by atoms with E-state index in [2.05, 4.69) is 0 Å². The number of carbonyl (C=O) groups excluding carboxylic acids is 2. The number of carbonyl (C=O) groups is 2. The maximum absolute atomic E-state index is 12.5. The summed E-state index contributed by atoms with van der Waals surface area (Å²) in [6.45, 7) is 0.128. The molecule has 0 aromatic heterocycles. The van der Waals surface area contributed by atoms with E-state index in [-0.39, 0.29) is 30.4 Å². The minimum Gasteiger partial charge on any atom is -0.504 e. The van der Waals surface area contributed by atoms with E-state index in [1.807, 2.05) is 30.3 Å².